The van der Waals surface area contributed by atoms with Crippen LogP contribution in [-0.4, -0.2) is 30.5 Å². The minimum Gasteiger partial charge on any atom is -0.482 e. The Morgan fingerprint density at radius 1 is 1.33 bits per heavy atom. The molecule has 1 aromatic rings. The first kappa shape index (κ1) is 12.7. The Morgan fingerprint density at radius 3 is 2.78 bits per heavy atom. The molecule has 2 N–H and O–H groups in total. The number of nitrogen functional groups attached to an aromatic ring is 1. The number of nitrogens with zero attached hydrogens (tertiary/aromatic N) is 1. The molecule has 1 fully saturated rings. The van der Waals surface area contributed by atoms with Gasteiger partial charge in [0.15, 0.2) is 6.61 Å². The van der Waals surface area contributed by atoms with Crippen LogP contribution in [0, 0.1) is 5.82 Å². The fourth-order valence-electron chi connectivity index (χ4n) is 2.01. The number of rotatable bonds is 3. The Morgan fingerprint density at radius 2 is 2.06 bits per heavy atom. The van der Waals surface area contributed by atoms with Crippen molar-refractivity contribution in [3.63, 3.8) is 0 Å². The average Bonchev–Trinajstić information content (AvgIpc) is 2.40. The fourth-order valence-corrected chi connectivity index (χ4v) is 2.01. The topological polar surface area (TPSA) is 55.6 Å². The number of amides is 1. The molecular formula is C13H17FN2O2. The minimum absolute atomic E-state index is 0.0710. The van der Waals surface area contributed by atoms with E-state index < -0.39 is 5.82 Å². The number of ether oxygens (including phenoxy) is 1. The molecule has 0 saturated carbocycles. The molecule has 18 heavy (non-hydrogen) atoms. The zero-order chi connectivity index (χ0) is 13.0. The van der Waals surface area contributed by atoms with Gasteiger partial charge in [0.05, 0.1) is 5.69 Å². The van der Waals surface area contributed by atoms with E-state index in [9.17, 15) is 9.18 Å². The summed E-state index contributed by atoms with van der Waals surface area (Å²) in [6.07, 6.45) is 3.24. The van der Waals surface area contributed by atoms with E-state index in [0.717, 1.165) is 25.9 Å². The lowest BCUT2D eigenvalue weighted by molar-refractivity contribution is -0.134. The van der Waals surface area contributed by atoms with Crippen LogP contribution >= 0.6 is 0 Å². The Kier molecular flexibility index (Phi) is 4.02. The van der Waals surface area contributed by atoms with Crippen LogP contribution in [-0.2, 0) is 4.79 Å². The molecule has 1 amide bonds. The summed E-state index contributed by atoms with van der Waals surface area (Å²) in [5.74, 6) is -0.275. The molecule has 1 aliphatic heterocycles. The van der Waals surface area contributed by atoms with Crippen molar-refractivity contribution in [1.29, 1.82) is 0 Å². The summed E-state index contributed by atoms with van der Waals surface area (Å²) in [7, 11) is 0. The van der Waals surface area contributed by atoms with Crippen LogP contribution in [0.4, 0.5) is 10.1 Å². The summed E-state index contributed by atoms with van der Waals surface area (Å²) in [6.45, 7) is 1.47. The quantitative estimate of drug-likeness (QED) is 0.834. The minimum atomic E-state index is -0.426. The number of likely N-dealkylation sites (tertiary alicyclic amines) is 1. The highest BCUT2D eigenvalue weighted by molar-refractivity contribution is 5.78. The first-order valence-electron chi connectivity index (χ1n) is 6.12. The smallest absolute Gasteiger partial charge is 0.260 e. The lowest BCUT2D eigenvalue weighted by atomic mass is 10.1. The molecule has 0 aliphatic carbocycles. The van der Waals surface area contributed by atoms with Crippen LogP contribution in [0.1, 0.15) is 19.3 Å². The number of hydrogen-bond acceptors (Lipinski definition) is 3. The van der Waals surface area contributed by atoms with Gasteiger partial charge in [-0.25, -0.2) is 4.39 Å². The molecule has 2 rings (SSSR count). The molecule has 4 nitrogen and oxygen atoms in total. The van der Waals surface area contributed by atoms with Crippen LogP contribution in [0.3, 0.4) is 0 Å². The number of benzene rings is 1. The molecule has 1 heterocycles. The number of carbonyl (C=O) groups is 1. The first-order chi connectivity index (χ1) is 8.66. The van der Waals surface area contributed by atoms with Gasteiger partial charge in [-0.15, -0.1) is 0 Å². The van der Waals surface area contributed by atoms with Gasteiger partial charge >= 0.3 is 0 Å². The normalized spacial score (nSPS) is 15.5. The molecule has 98 valence electrons. The van der Waals surface area contributed by atoms with E-state index in [1.807, 2.05) is 0 Å². The van der Waals surface area contributed by atoms with Crippen LogP contribution in [0.25, 0.3) is 0 Å². The molecule has 0 aromatic heterocycles. The summed E-state index contributed by atoms with van der Waals surface area (Å²) in [5.41, 5.74) is 5.97. The first-order valence-corrected chi connectivity index (χ1v) is 6.12. The number of halogens is 1. The van der Waals surface area contributed by atoms with Gasteiger partial charge in [-0.3, -0.25) is 4.79 Å². The number of hydrogen-bond donors (Lipinski definition) is 1. The van der Waals surface area contributed by atoms with Gasteiger partial charge in [-0.2, -0.15) is 0 Å². The molecule has 0 unspecified atom stereocenters. The van der Waals surface area contributed by atoms with E-state index in [2.05, 4.69) is 0 Å². The van der Waals surface area contributed by atoms with E-state index in [4.69, 9.17) is 10.5 Å². The molecule has 0 atom stereocenters. The predicted octanol–water partition coefficient (Wildman–Crippen LogP) is 1.80. The zero-order valence-electron chi connectivity index (χ0n) is 10.2. The molecule has 1 aliphatic rings. The maximum absolute atomic E-state index is 13.0. The van der Waals surface area contributed by atoms with Gasteiger partial charge in [0.25, 0.3) is 5.91 Å². The van der Waals surface area contributed by atoms with Gasteiger partial charge in [-0.1, -0.05) is 0 Å². The highest BCUT2D eigenvalue weighted by atomic mass is 19.1. The molecular weight excluding hydrogens is 235 g/mol. The summed E-state index contributed by atoms with van der Waals surface area (Å²) in [5, 5.41) is 0. The van der Waals surface area contributed by atoms with Gasteiger partial charge in [0.1, 0.15) is 11.6 Å². The Bertz CT molecular complexity index is 431. The van der Waals surface area contributed by atoms with Crippen molar-refractivity contribution < 1.29 is 13.9 Å². The van der Waals surface area contributed by atoms with Gasteiger partial charge in [0.2, 0.25) is 0 Å². The molecule has 1 saturated heterocycles. The summed E-state index contributed by atoms with van der Waals surface area (Å²) >= 11 is 0. The van der Waals surface area contributed by atoms with E-state index in [1.54, 1.807) is 4.90 Å². The van der Waals surface area contributed by atoms with Crippen molar-refractivity contribution in [2.75, 3.05) is 25.4 Å². The lowest BCUT2D eigenvalue weighted by Gasteiger charge is -2.26. The monoisotopic (exact) mass is 252 g/mol. The molecule has 0 radical (unpaired) electrons. The SMILES string of the molecule is Nc1ccc(F)cc1OCC(=O)N1CCCCC1. The summed E-state index contributed by atoms with van der Waals surface area (Å²) in [6, 6.07) is 3.88. The predicted molar refractivity (Wildman–Crippen MR) is 66.7 cm³/mol. The van der Waals surface area contributed by atoms with Gasteiger partial charge in [-0.05, 0) is 31.4 Å². The molecule has 5 heteroatoms. The van der Waals surface area contributed by atoms with E-state index >= 15 is 0 Å². The van der Waals surface area contributed by atoms with Crippen molar-refractivity contribution in [3.05, 3.63) is 24.0 Å². The standard InChI is InChI=1S/C13H17FN2O2/c14-10-4-5-11(15)12(8-10)18-9-13(17)16-6-2-1-3-7-16/h4-5,8H,1-3,6-7,9,15H2. The second-order valence-corrected chi connectivity index (χ2v) is 4.41. The van der Waals surface area contributed by atoms with Crippen LogP contribution < -0.4 is 10.5 Å². The summed E-state index contributed by atoms with van der Waals surface area (Å²) in [4.78, 5) is 13.6. The van der Waals surface area contributed by atoms with Crippen molar-refractivity contribution in [1.82, 2.24) is 4.90 Å². The largest absolute Gasteiger partial charge is 0.482 e. The fraction of sp³-hybridized carbons (Fsp3) is 0.462. The summed E-state index contributed by atoms with van der Waals surface area (Å²) < 4.78 is 18.3. The second kappa shape index (κ2) is 5.71. The molecule has 1 aromatic carbocycles. The Labute approximate surface area is 106 Å². The van der Waals surface area contributed by atoms with E-state index in [1.165, 1.54) is 24.6 Å². The van der Waals surface area contributed by atoms with Crippen molar-refractivity contribution >= 4 is 11.6 Å². The second-order valence-electron chi connectivity index (χ2n) is 4.41. The van der Waals surface area contributed by atoms with E-state index in [-0.39, 0.29) is 18.3 Å². The maximum Gasteiger partial charge on any atom is 0.260 e. The van der Waals surface area contributed by atoms with Crippen molar-refractivity contribution in [3.8, 4) is 5.75 Å². The van der Waals surface area contributed by atoms with Crippen LogP contribution in [0.2, 0.25) is 0 Å². The van der Waals surface area contributed by atoms with Crippen LogP contribution in [0.15, 0.2) is 18.2 Å². The molecule has 0 bridgehead atoms. The number of piperidine rings is 1. The average molecular weight is 252 g/mol. The van der Waals surface area contributed by atoms with Crippen molar-refractivity contribution in [2.24, 2.45) is 0 Å². The van der Waals surface area contributed by atoms with Gasteiger partial charge < -0.3 is 15.4 Å². The van der Waals surface area contributed by atoms with Crippen LogP contribution in [0.5, 0.6) is 5.75 Å². The highest BCUT2D eigenvalue weighted by Gasteiger charge is 2.17. The zero-order valence-corrected chi connectivity index (χ0v) is 10.2. The third-order valence-electron chi connectivity index (χ3n) is 3.04. The Balaban J connectivity index is 1.90. The van der Waals surface area contributed by atoms with Crippen molar-refractivity contribution in [2.45, 2.75) is 19.3 Å². The number of anilines is 1. The molecule has 0 spiro atoms. The third-order valence-corrected chi connectivity index (χ3v) is 3.04. The highest BCUT2D eigenvalue weighted by Crippen LogP contribution is 2.22. The van der Waals surface area contributed by atoms with E-state index in [0.29, 0.717) is 5.69 Å². The third kappa shape index (κ3) is 3.12. The Hall–Kier alpha value is -1.78. The number of carbonyl (C=O) groups excluding carboxylic acids is 1. The lowest BCUT2D eigenvalue weighted by Crippen LogP contribution is -2.38. The maximum atomic E-state index is 13.0. The number of nitrogens with two attached hydrogens (primary N) is 1. The van der Waals surface area contributed by atoms with Gasteiger partial charge in [0, 0.05) is 19.2 Å².